The Morgan fingerprint density at radius 3 is 2.44 bits per heavy atom. The quantitative estimate of drug-likeness (QED) is 0.565. The van der Waals surface area contributed by atoms with Crippen molar-refractivity contribution in [2.45, 2.75) is 11.8 Å². The second kappa shape index (κ2) is 4.67. The van der Waals surface area contributed by atoms with Crippen molar-refractivity contribution in [2.24, 2.45) is 5.84 Å². The molecule has 0 aliphatic heterocycles. The topological polar surface area (TPSA) is 110 Å². The highest BCUT2D eigenvalue weighted by atomic mass is 32.2. The molecule has 0 unspecified atom stereocenters. The van der Waals surface area contributed by atoms with Gasteiger partial charge in [-0.15, -0.1) is 0 Å². The van der Waals surface area contributed by atoms with E-state index in [1.165, 1.54) is 18.2 Å². The van der Waals surface area contributed by atoms with Crippen molar-refractivity contribution in [1.29, 1.82) is 0 Å². The van der Waals surface area contributed by atoms with Crippen LogP contribution in [0.3, 0.4) is 0 Å². The molecule has 4 N–H and O–H groups in total. The number of aryl methyl sites for hydroxylation is 1. The van der Waals surface area contributed by atoms with Gasteiger partial charge in [0.05, 0.1) is 10.6 Å². The predicted octanol–water partition coefficient (Wildman–Crippen LogP) is 1.07. The van der Waals surface area contributed by atoms with Crippen molar-refractivity contribution >= 4 is 21.6 Å². The van der Waals surface area contributed by atoms with E-state index >= 15 is 0 Å². The molecule has 2 rings (SSSR count). The third kappa shape index (κ3) is 2.60. The summed E-state index contributed by atoms with van der Waals surface area (Å²) in [6, 6.07) is 7.47. The van der Waals surface area contributed by atoms with Crippen LogP contribution < -0.4 is 16.0 Å². The second-order valence-corrected chi connectivity index (χ2v) is 5.29. The molecule has 8 heteroatoms. The van der Waals surface area contributed by atoms with Gasteiger partial charge in [-0.2, -0.15) is 0 Å². The molecule has 0 amide bonds. The number of aromatic nitrogens is 1. The Morgan fingerprint density at radius 2 is 1.94 bits per heavy atom. The van der Waals surface area contributed by atoms with E-state index in [0.29, 0.717) is 11.4 Å². The molecule has 1 aromatic heterocycles. The van der Waals surface area contributed by atoms with Crippen molar-refractivity contribution in [3.8, 4) is 0 Å². The Bertz CT molecular complexity index is 633. The summed E-state index contributed by atoms with van der Waals surface area (Å²) in [6.45, 7) is 1.70. The molecule has 0 aliphatic carbocycles. The minimum Gasteiger partial charge on any atom is -0.338 e. The zero-order valence-corrected chi connectivity index (χ0v) is 10.4. The first-order valence-corrected chi connectivity index (χ1v) is 6.52. The van der Waals surface area contributed by atoms with Gasteiger partial charge in [-0.1, -0.05) is 5.16 Å². The van der Waals surface area contributed by atoms with Crippen LogP contribution in [0.1, 0.15) is 5.69 Å². The average Bonchev–Trinajstić information content (AvgIpc) is 2.74. The molecule has 0 spiro atoms. The number of sulfonamides is 1. The van der Waals surface area contributed by atoms with E-state index < -0.39 is 10.0 Å². The molecule has 0 saturated heterocycles. The van der Waals surface area contributed by atoms with Crippen LogP contribution in [0, 0.1) is 6.92 Å². The number of nitrogens with one attached hydrogen (secondary N) is 2. The Morgan fingerprint density at radius 1 is 1.28 bits per heavy atom. The van der Waals surface area contributed by atoms with Crippen LogP contribution >= 0.6 is 0 Å². The highest BCUT2D eigenvalue weighted by Crippen LogP contribution is 2.18. The number of anilines is 2. The molecule has 0 fully saturated rings. The molecule has 0 atom stereocenters. The smallest absolute Gasteiger partial charge is 0.264 e. The molecule has 0 aliphatic rings. The Kier molecular flexibility index (Phi) is 3.21. The first-order valence-electron chi connectivity index (χ1n) is 5.04. The Hall–Kier alpha value is -2.06. The molecular formula is C10H12N4O3S. The summed E-state index contributed by atoms with van der Waals surface area (Å²) < 4.78 is 31.0. The molecular weight excluding hydrogens is 256 g/mol. The van der Waals surface area contributed by atoms with E-state index in [2.05, 4.69) is 15.3 Å². The van der Waals surface area contributed by atoms with E-state index in [1.807, 2.05) is 0 Å². The minimum atomic E-state index is -3.68. The second-order valence-electron chi connectivity index (χ2n) is 3.61. The lowest BCUT2D eigenvalue weighted by Gasteiger charge is -2.05. The summed E-state index contributed by atoms with van der Waals surface area (Å²) in [4.78, 5) is 0.107. The van der Waals surface area contributed by atoms with E-state index in [9.17, 15) is 8.42 Å². The fourth-order valence-electron chi connectivity index (χ4n) is 1.33. The Balaban J connectivity index is 2.24. The number of hydrogen-bond donors (Lipinski definition) is 3. The lowest BCUT2D eigenvalue weighted by atomic mass is 10.3. The van der Waals surface area contributed by atoms with Crippen molar-refractivity contribution in [3.63, 3.8) is 0 Å². The van der Waals surface area contributed by atoms with Crippen LogP contribution in [-0.2, 0) is 10.0 Å². The molecule has 1 heterocycles. The van der Waals surface area contributed by atoms with Gasteiger partial charge in [-0.25, -0.2) is 13.1 Å². The zero-order chi connectivity index (χ0) is 13.2. The molecule has 7 nitrogen and oxygen atoms in total. The number of nitrogen functional groups attached to an aromatic ring is 1. The average molecular weight is 268 g/mol. The SMILES string of the molecule is Cc1cc(NS(=O)(=O)c2ccc(NN)cc2)on1. The zero-order valence-electron chi connectivity index (χ0n) is 9.54. The molecule has 0 saturated carbocycles. The number of hydrazine groups is 1. The monoisotopic (exact) mass is 268 g/mol. The summed E-state index contributed by atoms with van der Waals surface area (Å²) in [5, 5.41) is 3.59. The molecule has 2 aromatic rings. The predicted molar refractivity (Wildman–Crippen MR) is 66.3 cm³/mol. The third-order valence-corrected chi connectivity index (χ3v) is 3.56. The fourth-order valence-corrected chi connectivity index (χ4v) is 2.31. The summed E-state index contributed by atoms with van der Waals surface area (Å²) in [6.07, 6.45) is 0. The highest BCUT2D eigenvalue weighted by molar-refractivity contribution is 7.92. The van der Waals surface area contributed by atoms with Crippen LogP contribution in [0.2, 0.25) is 0 Å². The maximum absolute atomic E-state index is 12.0. The van der Waals surface area contributed by atoms with E-state index in [0.717, 1.165) is 0 Å². The summed E-state index contributed by atoms with van der Waals surface area (Å²) in [5.41, 5.74) is 3.62. The van der Waals surface area contributed by atoms with Gasteiger partial charge in [-0.3, -0.25) is 5.84 Å². The van der Waals surface area contributed by atoms with Crippen LogP contribution in [-0.4, -0.2) is 13.6 Å². The lowest BCUT2D eigenvalue weighted by Crippen LogP contribution is -2.13. The number of nitrogens with two attached hydrogens (primary N) is 1. The van der Waals surface area contributed by atoms with Crippen molar-refractivity contribution in [1.82, 2.24) is 5.16 Å². The largest absolute Gasteiger partial charge is 0.338 e. The highest BCUT2D eigenvalue weighted by Gasteiger charge is 2.16. The van der Waals surface area contributed by atoms with Crippen molar-refractivity contribution in [3.05, 3.63) is 36.0 Å². The van der Waals surface area contributed by atoms with Crippen molar-refractivity contribution < 1.29 is 12.9 Å². The van der Waals surface area contributed by atoms with Gasteiger partial charge in [0.2, 0.25) is 5.88 Å². The first-order chi connectivity index (χ1) is 8.51. The van der Waals surface area contributed by atoms with Gasteiger partial charge in [0.25, 0.3) is 10.0 Å². The summed E-state index contributed by atoms with van der Waals surface area (Å²) >= 11 is 0. The Labute approximate surface area is 104 Å². The minimum absolute atomic E-state index is 0.0773. The van der Waals surface area contributed by atoms with Crippen LogP contribution in [0.4, 0.5) is 11.6 Å². The molecule has 0 radical (unpaired) electrons. The van der Waals surface area contributed by atoms with Gasteiger partial charge in [0.1, 0.15) is 0 Å². The normalized spacial score (nSPS) is 11.2. The maximum atomic E-state index is 12.0. The van der Waals surface area contributed by atoms with E-state index in [-0.39, 0.29) is 10.8 Å². The lowest BCUT2D eigenvalue weighted by molar-refractivity contribution is 0.430. The molecule has 96 valence electrons. The van der Waals surface area contributed by atoms with Gasteiger partial charge in [0.15, 0.2) is 0 Å². The first kappa shape index (κ1) is 12.4. The van der Waals surface area contributed by atoms with Crippen LogP contribution in [0.5, 0.6) is 0 Å². The molecule has 1 aromatic carbocycles. The number of nitrogens with zero attached hydrogens (tertiary/aromatic N) is 1. The number of hydrogen-bond acceptors (Lipinski definition) is 6. The van der Waals surface area contributed by atoms with Gasteiger partial charge < -0.3 is 9.95 Å². The summed E-state index contributed by atoms with van der Waals surface area (Å²) in [7, 11) is -3.68. The van der Waals surface area contributed by atoms with Gasteiger partial charge in [0, 0.05) is 11.8 Å². The third-order valence-electron chi connectivity index (χ3n) is 2.19. The number of benzene rings is 1. The maximum Gasteiger partial charge on any atom is 0.264 e. The molecule has 18 heavy (non-hydrogen) atoms. The standard InChI is InChI=1S/C10H12N4O3S/c1-7-6-10(17-13-7)14-18(15,16)9-4-2-8(12-11)3-5-9/h2-6,12,14H,11H2,1H3. The van der Waals surface area contributed by atoms with Crippen LogP contribution in [0.25, 0.3) is 0 Å². The molecule has 0 bridgehead atoms. The van der Waals surface area contributed by atoms with Crippen LogP contribution in [0.15, 0.2) is 39.8 Å². The fraction of sp³-hybridized carbons (Fsp3) is 0.100. The van der Waals surface area contributed by atoms with E-state index in [4.69, 9.17) is 10.4 Å². The van der Waals surface area contributed by atoms with Gasteiger partial charge in [-0.05, 0) is 31.2 Å². The summed E-state index contributed by atoms with van der Waals surface area (Å²) in [5.74, 6) is 5.27. The number of rotatable bonds is 4. The van der Waals surface area contributed by atoms with Gasteiger partial charge >= 0.3 is 0 Å². The van der Waals surface area contributed by atoms with E-state index in [1.54, 1.807) is 19.1 Å². The van der Waals surface area contributed by atoms with Crippen molar-refractivity contribution in [2.75, 3.05) is 10.1 Å².